The summed E-state index contributed by atoms with van der Waals surface area (Å²) >= 11 is 0. The average molecular weight is 508 g/mol. The number of nitrogens with two attached hydrogens (primary N) is 2. The largest absolute Gasteiger partial charge is 0.417 e. The van der Waals surface area contributed by atoms with Crippen LogP contribution in [0.5, 0.6) is 0 Å². The monoisotopic (exact) mass is 507 g/mol. The van der Waals surface area contributed by atoms with Crippen LogP contribution in [0.25, 0.3) is 10.9 Å². The van der Waals surface area contributed by atoms with Crippen LogP contribution in [-0.2, 0) is 20.6 Å². The Morgan fingerprint density at radius 2 is 1.86 bits per heavy atom. The molecular weight excluding hydrogens is 479 g/mol. The number of alkyl halides is 3. The van der Waals surface area contributed by atoms with Crippen molar-refractivity contribution in [2.75, 3.05) is 6.54 Å². The minimum Gasteiger partial charge on any atom is -0.368 e. The van der Waals surface area contributed by atoms with E-state index in [4.69, 9.17) is 11.5 Å². The van der Waals surface area contributed by atoms with Crippen molar-refractivity contribution in [1.29, 1.82) is 0 Å². The van der Waals surface area contributed by atoms with Crippen molar-refractivity contribution in [2.24, 2.45) is 23.3 Å². The highest BCUT2D eigenvalue weighted by atomic mass is 19.4. The third-order valence-electron chi connectivity index (χ3n) is 6.89. The number of halogens is 3. The Kier molecular flexibility index (Phi) is 6.96. The van der Waals surface area contributed by atoms with Gasteiger partial charge >= 0.3 is 6.18 Å². The number of hydrogen-bond acceptors (Lipinski definition) is 4. The zero-order chi connectivity index (χ0) is 26.2. The Hall–Kier alpha value is -3.57. The molecule has 9 nitrogen and oxygen atoms in total. The molecule has 4 amide bonds. The molecule has 1 aromatic carbocycles. The van der Waals surface area contributed by atoms with Crippen LogP contribution in [0.1, 0.15) is 60.6 Å². The van der Waals surface area contributed by atoms with Crippen LogP contribution in [0.2, 0.25) is 0 Å². The second-order valence-corrected chi connectivity index (χ2v) is 9.52. The van der Waals surface area contributed by atoms with Gasteiger partial charge in [0.25, 0.3) is 5.91 Å². The molecule has 2 aromatic rings. The molecule has 12 heteroatoms. The maximum Gasteiger partial charge on any atom is 0.417 e. The van der Waals surface area contributed by atoms with Gasteiger partial charge in [0.05, 0.1) is 11.1 Å². The van der Waals surface area contributed by atoms with Crippen LogP contribution >= 0.6 is 0 Å². The molecule has 2 fully saturated rings. The van der Waals surface area contributed by atoms with Gasteiger partial charge in [-0.15, -0.1) is 0 Å². The number of piperidine rings is 1. The lowest BCUT2D eigenvalue weighted by atomic mass is 9.91. The van der Waals surface area contributed by atoms with Crippen molar-refractivity contribution < 1.29 is 32.3 Å². The predicted octanol–water partition coefficient (Wildman–Crippen LogP) is 1.99. The van der Waals surface area contributed by atoms with E-state index in [1.54, 1.807) is 0 Å². The molecule has 1 aliphatic heterocycles. The molecule has 1 aliphatic carbocycles. The van der Waals surface area contributed by atoms with Crippen LogP contribution in [-0.4, -0.2) is 40.8 Å². The molecule has 4 rings (SSSR count). The van der Waals surface area contributed by atoms with Crippen LogP contribution in [0.15, 0.2) is 24.3 Å². The lowest BCUT2D eigenvalue weighted by molar-refractivity contribution is -0.136. The maximum atomic E-state index is 13.7. The van der Waals surface area contributed by atoms with Gasteiger partial charge in [0.1, 0.15) is 17.8 Å². The zero-order valence-corrected chi connectivity index (χ0v) is 19.4. The molecule has 2 aliphatic rings. The topological polar surface area (TPSA) is 149 Å². The van der Waals surface area contributed by atoms with Crippen molar-refractivity contribution in [3.63, 3.8) is 0 Å². The van der Waals surface area contributed by atoms with Crippen molar-refractivity contribution >= 4 is 34.5 Å². The Labute approximate surface area is 204 Å². The first-order valence-corrected chi connectivity index (χ1v) is 11.9. The van der Waals surface area contributed by atoms with Crippen LogP contribution in [0.3, 0.4) is 0 Å². The smallest absolute Gasteiger partial charge is 0.368 e. The van der Waals surface area contributed by atoms with Crippen molar-refractivity contribution in [3.8, 4) is 0 Å². The summed E-state index contributed by atoms with van der Waals surface area (Å²) in [6.45, 7) is 0.531. The molecule has 2 heterocycles. The van der Waals surface area contributed by atoms with Crippen LogP contribution < -0.4 is 22.1 Å². The minimum absolute atomic E-state index is 0.00359. The number of aromatic nitrogens is 1. The zero-order valence-electron chi connectivity index (χ0n) is 19.4. The highest BCUT2D eigenvalue weighted by Gasteiger charge is 2.38. The first kappa shape index (κ1) is 25.5. The lowest BCUT2D eigenvalue weighted by Gasteiger charge is -2.27. The second kappa shape index (κ2) is 9.82. The first-order chi connectivity index (χ1) is 17.0. The van der Waals surface area contributed by atoms with Crippen molar-refractivity contribution in [1.82, 2.24) is 15.2 Å². The molecule has 1 aromatic heterocycles. The van der Waals surface area contributed by atoms with Gasteiger partial charge in [-0.05, 0) is 49.8 Å². The molecule has 0 bridgehead atoms. The third kappa shape index (κ3) is 5.31. The Bertz CT molecular complexity index is 1200. The maximum absolute atomic E-state index is 13.7. The number of fused-ring (bicyclic) bond motifs is 1. The summed E-state index contributed by atoms with van der Waals surface area (Å²) in [6.07, 6.45) is -1.55. The second-order valence-electron chi connectivity index (χ2n) is 9.52. The fraction of sp³-hybridized carbons (Fsp3) is 0.500. The first-order valence-electron chi connectivity index (χ1n) is 11.9. The van der Waals surface area contributed by atoms with E-state index >= 15 is 0 Å². The fourth-order valence-corrected chi connectivity index (χ4v) is 4.88. The molecule has 1 saturated heterocycles. The Balaban J connectivity index is 1.72. The number of hydrogen-bond donors (Lipinski definition) is 4. The number of carbonyl (C=O) groups is 4. The highest BCUT2D eigenvalue weighted by molar-refractivity contribution is 6.00. The van der Waals surface area contributed by atoms with E-state index in [2.05, 4.69) is 10.6 Å². The third-order valence-corrected chi connectivity index (χ3v) is 6.89. The molecular formula is C24H28F3N5O4. The van der Waals surface area contributed by atoms with Gasteiger partial charge in [-0.1, -0.05) is 18.9 Å². The number of nitrogens with one attached hydrogen (secondary N) is 2. The lowest BCUT2D eigenvalue weighted by Crippen LogP contribution is -2.50. The summed E-state index contributed by atoms with van der Waals surface area (Å²) in [5.41, 5.74) is 9.87. The summed E-state index contributed by atoms with van der Waals surface area (Å²) in [6, 6.07) is 2.26. The molecule has 0 spiro atoms. The van der Waals surface area contributed by atoms with E-state index in [0.29, 0.717) is 13.0 Å². The minimum atomic E-state index is -4.69. The SMILES string of the molecule is NC(=O)c1cc2c(C(F)(F)F)cccc2n1[C@@H](CC1CC1)C(=O)N[C@@H](C[C@@H]1CCCNC1=O)C(N)=O. The molecule has 6 N–H and O–H groups in total. The molecule has 1 saturated carbocycles. The van der Waals surface area contributed by atoms with Crippen molar-refractivity contribution in [2.45, 2.75) is 56.8 Å². The van der Waals surface area contributed by atoms with Crippen LogP contribution in [0.4, 0.5) is 13.2 Å². The summed E-state index contributed by atoms with van der Waals surface area (Å²) in [4.78, 5) is 50.1. The van der Waals surface area contributed by atoms with E-state index < -0.39 is 47.5 Å². The van der Waals surface area contributed by atoms with Crippen LogP contribution in [0, 0.1) is 11.8 Å². The van der Waals surface area contributed by atoms with Gasteiger partial charge < -0.3 is 26.7 Å². The molecule has 3 atom stereocenters. The summed E-state index contributed by atoms with van der Waals surface area (Å²) < 4.78 is 42.2. The van der Waals surface area contributed by atoms with E-state index in [0.717, 1.165) is 31.4 Å². The quantitative estimate of drug-likeness (QED) is 0.411. The number of primary amides is 2. The number of amides is 4. The number of nitrogens with zero attached hydrogens (tertiary/aromatic N) is 1. The fourth-order valence-electron chi connectivity index (χ4n) is 4.88. The van der Waals surface area contributed by atoms with E-state index in [1.807, 2.05) is 0 Å². The van der Waals surface area contributed by atoms with E-state index in [1.165, 1.54) is 16.7 Å². The summed E-state index contributed by atoms with van der Waals surface area (Å²) in [5, 5.41) is 5.06. The van der Waals surface area contributed by atoms with Gasteiger partial charge in [0.2, 0.25) is 17.7 Å². The average Bonchev–Trinajstić information content (AvgIpc) is 3.54. The molecule has 36 heavy (non-hydrogen) atoms. The van der Waals surface area contributed by atoms with Gasteiger partial charge in [-0.25, -0.2) is 0 Å². The number of rotatable bonds is 9. The van der Waals surface area contributed by atoms with Gasteiger partial charge in [-0.3, -0.25) is 19.2 Å². The number of carbonyl (C=O) groups excluding carboxylic acids is 4. The predicted molar refractivity (Wildman–Crippen MR) is 123 cm³/mol. The Morgan fingerprint density at radius 3 is 2.44 bits per heavy atom. The Morgan fingerprint density at radius 1 is 1.14 bits per heavy atom. The van der Waals surface area contributed by atoms with E-state index in [9.17, 15) is 32.3 Å². The van der Waals surface area contributed by atoms with Gasteiger partial charge in [0.15, 0.2) is 0 Å². The van der Waals surface area contributed by atoms with Crippen molar-refractivity contribution in [3.05, 3.63) is 35.5 Å². The summed E-state index contributed by atoms with van der Waals surface area (Å²) in [7, 11) is 0. The highest BCUT2D eigenvalue weighted by Crippen LogP contribution is 2.41. The van der Waals surface area contributed by atoms with Gasteiger partial charge in [-0.2, -0.15) is 13.2 Å². The molecule has 0 unspecified atom stereocenters. The standard InChI is InChI=1S/C24H28F3N5O4/c25-24(26,27)15-4-1-5-17-14(15)11-18(21(29)34)32(17)19(9-12-6-7-12)23(36)31-16(20(28)33)10-13-3-2-8-30-22(13)35/h1,4-5,11-13,16,19H,2-3,6-10H2,(H2,28,33)(H2,29,34)(H,30,35)(H,31,36)/t13-,16-,19-/m0/s1. The summed E-state index contributed by atoms with van der Waals surface area (Å²) in [5.74, 6) is -3.12. The molecule has 194 valence electrons. The number of benzene rings is 1. The normalized spacial score (nSPS) is 20.0. The van der Waals surface area contributed by atoms with E-state index in [-0.39, 0.29) is 41.3 Å². The molecule has 0 radical (unpaired) electrons. The van der Waals surface area contributed by atoms with Gasteiger partial charge in [0, 0.05) is 17.8 Å².